The van der Waals surface area contributed by atoms with Crippen molar-refractivity contribution in [2.75, 3.05) is 32.2 Å². The first-order valence-corrected chi connectivity index (χ1v) is 7.92. The number of nitrogens with one attached hydrogen (secondary N) is 2. The quantitative estimate of drug-likeness (QED) is 0.281. The molecule has 0 bridgehead atoms. The molecule has 132 valence electrons. The second kappa shape index (κ2) is 11.6. The number of hydrogen-bond acceptors (Lipinski definition) is 4. The van der Waals surface area contributed by atoms with Crippen molar-refractivity contribution < 1.29 is 17.9 Å². The van der Waals surface area contributed by atoms with Crippen LogP contribution in [-0.2, 0) is 6.54 Å². The summed E-state index contributed by atoms with van der Waals surface area (Å²) in [7, 11) is 1.62. The number of aliphatic imine (C=N–C) groups is 1. The van der Waals surface area contributed by atoms with Gasteiger partial charge in [0.1, 0.15) is 0 Å². The molecule has 0 atom stereocenters. The summed E-state index contributed by atoms with van der Waals surface area (Å²) < 4.78 is 41.4. The van der Waals surface area contributed by atoms with Crippen molar-refractivity contribution in [3.63, 3.8) is 0 Å². The van der Waals surface area contributed by atoms with Gasteiger partial charge in [-0.15, -0.1) is 24.0 Å². The van der Waals surface area contributed by atoms with Crippen LogP contribution in [0.4, 0.5) is 13.2 Å². The minimum atomic E-state index is -4.39. The largest absolute Gasteiger partial charge is 0.468 e. The Morgan fingerprint density at radius 1 is 1.39 bits per heavy atom. The first-order valence-electron chi connectivity index (χ1n) is 6.53. The predicted molar refractivity (Wildman–Crippen MR) is 97.8 cm³/mol. The Labute approximate surface area is 154 Å². The Morgan fingerprint density at radius 3 is 2.74 bits per heavy atom. The number of ether oxygens (including phenoxy) is 1. The molecule has 0 amide bonds. The maximum Gasteiger partial charge on any atom is 0.422 e. The van der Waals surface area contributed by atoms with Crippen molar-refractivity contribution in [1.29, 1.82) is 0 Å². The second-order valence-electron chi connectivity index (χ2n) is 4.22. The highest BCUT2D eigenvalue weighted by molar-refractivity contribution is 14.0. The van der Waals surface area contributed by atoms with E-state index in [-0.39, 0.29) is 36.4 Å². The molecule has 0 unspecified atom stereocenters. The highest BCUT2D eigenvalue weighted by Gasteiger charge is 2.29. The lowest BCUT2D eigenvalue weighted by molar-refractivity contribution is -0.154. The first-order chi connectivity index (χ1) is 10.5. The summed E-state index contributed by atoms with van der Waals surface area (Å²) in [5.41, 5.74) is 0.527. The van der Waals surface area contributed by atoms with Gasteiger partial charge in [-0.25, -0.2) is 4.98 Å². The lowest BCUT2D eigenvalue weighted by Crippen LogP contribution is -2.38. The third-order valence-electron chi connectivity index (χ3n) is 2.49. The summed E-state index contributed by atoms with van der Waals surface area (Å²) in [6.45, 7) is -0.358. The van der Waals surface area contributed by atoms with Crippen LogP contribution in [0.3, 0.4) is 0 Å². The van der Waals surface area contributed by atoms with E-state index in [9.17, 15) is 13.2 Å². The molecule has 2 N–H and O–H groups in total. The second-order valence-corrected chi connectivity index (χ2v) is 5.20. The minimum absolute atomic E-state index is 0. The lowest BCUT2D eigenvalue weighted by Gasteiger charge is -2.14. The van der Waals surface area contributed by atoms with E-state index in [1.54, 1.807) is 30.9 Å². The number of aromatic nitrogens is 1. The molecular weight excluding hydrogens is 444 g/mol. The third-order valence-corrected chi connectivity index (χ3v) is 3.10. The van der Waals surface area contributed by atoms with E-state index in [2.05, 4.69) is 20.6 Å². The smallest absolute Gasteiger partial charge is 0.422 e. The van der Waals surface area contributed by atoms with Crippen molar-refractivity contribution >= 4 is 41.7 Å². The number of rotatable bonds is 7. The molecule has 0 spiro atoms. The van der Waals surface area contributed by atoms with Crippen molar-refractivity contribution in [2.24, 2.45) is 4.99 Å². The van der Waals surface area contributed by atoms with Crippen LogP contribution in [0.1, 0.15) is 5.56 Å². The Bertz CT molecular complexity index is 489. The van der Waals surface area contributed by atoms with Crippen LogP contribution in [0.25, 0.3) is 0 Å². The molecular formula is C13H20F3IN4OS. The number of pyridine rings is 1. The average molecular weight is 464 g/mol. The SMILES string of the molecule is CN=C(NCCSC)NCc1cccnc1OCC(F)(F)F.I. The fraction of sp³-hybridized carbons (Fsp3) is 0.538. The molecule has 5 nitrogen and oxygen atoms in total. The van der Waals surface area contributed by atoms with E-state index in [0.717, 1.165) is 12.3 Å². The Kier molecular flexibility index (Phi) is 11.1. The maximum absolute atomic E-state index is 12.2. The van der Waals surface area contributed by atoms with Crippen LogP contribution in [-0.4, -0.2) is 49.3 Å². The van der Waals surface area contributed by atoms with Crippen LogP contribution in [0.15, 0.2) is 23.3 Å². The number of guanidine groups is 1. The topological polar surface area (TPSA) is 58.5 Å². The van der Waals surface area contributed by atoms with E-state index in [1.165, 1.54) is 6.20 Å². The van der Waals surface area contributed by atoms with Gasteiger partial charge < -0.3 is 15.4 Å². The highest BCUT2D eigenvalue weighted by Crippen LogP contribution is 2.19. The molecule has 0 aliphatic carbocycles. The van der Waals surface area contributed by atoms with Crippen molar-refractivity contribution in [2.45, 2.75) is 12.7 Å². The molecule has 0 saturated carbocycles. The molecule has 1 aromatic rings. The summed E-state index contributed by atoms with van der Waals surface area (Å²) in [6, 6.07) is 3.29. The molecule has 0 fully saturated rings. The third kappa shape index (κ3) is 9.74. The van der Waals surface area contributed by atoms with E-state index in [1.807, 2.05) is 6.26 Å². The van der Waals surface area contributed by atoms with Gasteiger partial charge in [-0.05, 0) is 12.3 Å². The number of halogens is 4. The van der Waals surface area contributed by atoms with Gasteiger partial charge in [-0.1, -0.05) is 6.07 Å². The average Bonchev–Trinajstić information content (AvgIpc) is 2.48. The Morgan fingerprint density at radius 2 is 2.13 bits per heavy atom. The van der Waals surface area contributed by atoms with E-state index < -0.39 is 12.8 Å². The van der Waals surface area contributed by atoms with Crippen LogP contribution >= 0.6 is 35.7 Å². The van der Waals surface area contributed by atoms with Gasteiger partial charge in [-0.3, -0.25) is 4.99 Å². The summed E-state index contributed by atoms with van der Waals surface area (Å²) in [6.07, 6.45) is -1.00. The summed E-state index contributed by atoms with van der Waals surface area (Å²) in [5, 5.41) is 6.10. The molecule has 0 saturated heterocycles. The number of alkyl halides is 3. The molecule has 1 rings (SSSR count). The van der Waals surface area contributed by atoms with Crippen molar-refractivity contribution in [3.05, 3.63) is 23.9 Å². The molecule has 0 aliphatic rings. The van der Waals surface area contributed by atoms with Gasteiger partial charge in [0.15, 0.2) is 12.6 Å². The van der Waals surface area contributed by atoms with Gasteiger partial charge >= 0.3 is 6.18 Å². The summed E-state index contributed by atoms with van der Waals surface area (Å²) >= 11 is 1.70. The van der Waals surface area contributed by atoms with Crippen molar-refractivity contribution in [3.8, 4) is 5.88 Å². The lowest BCUT2D eigenvalue weighted by atomic mass is 10.2. The molecule has 23 heavy (non-hydrogen) atoms. The fourth-order valence-electron chi connectivity index (χ4n) is 1.51. The standard InChI is InChI=1S/C13H19F3N4OS.HI/c1-17-12(19-6-7-22-2)20-8-10-4-3-5-18-11(10)21-9-13(14,15)16;/h3-5H,6-9H2,1-2H3,(H2,17,19,20);1H. The zero-order valence-corrected chi connectivity index (χ0v) is 16.0. The zero-order valence-electron chi connectivity index (χ0n) is 12.8. The molecule has 0 radical (unpaired) electrons. The number of hydrogen-bond donors (Lipinski definition) is 2. The van der Waals surface area contributed by atoms with Gasteiger partial charge in [0, 0.05) is 37.7 Å². The minimum Gasteiger partial charge on any atom is -0.468 e. The monoisotopic (exact) mass is 464 g/mol. The summed E-state index contributed by atoms with van der Waals surface area (Å²) in [5.74, 6) is 1.46. The van der Waals surface area contributed by atoms with E-state index >= 15 is 0 Å². The highest BCUT2D eigenvalue weighted by atomic mass is 127. The number of nitrogens with zero attached hydrogens (tertiary/aromatic N) is 2. The van der Waals surface area contributed by atoms with Gasteiger partial charge in [-0.2, -0.15) is 24.9 Å². The fourth-order valence-corrected chi connectivity index (χ4v) is 1.82. The van der Waals surface area contributed by atoms with Gasteiger partial charge in [0.25, 0.3) is 0 Å². The van der Waals surface area contributed by atoms with Crippen LogP contribution in [0.5, 0.6) is 5.88 Å². The molecule has 10 heteroatoms. The molecule has 0 aliphatic heterocycles. The Balaban J connectivity index is 0.00000484. The van der Waals surface area contributed by atoms with Gasteiger partial charge in [0.05, 0.1) is 0 Å². The zero-order chi connectivity index (χ0) is 16.4. The van der Waals surface area contributed by atoms with Crippen LogP contribution < -0.4 is 15.4 Å². The molecule has 0 aromatic carbocycles. The van der Waals surface area contributed by atoms with E-state index in [0.29, 0.717) is 11.5 Å². The van der Waals surface area contributed by atoms with Gasteiger partial charge in [0.2, 0.25) is 5.88 Å². The van der Waals surface area contributed by atoms with Crippen LogP contribution in [0, 0.1) is 0 Å². The van der Waals surface area contributed by atoms with E-state index in [4.69, 9.17) is 4.74 Å². The predicted octanol–water partition coefficient (Wildman–Crippen LogP) is 2.67. The molecule has 1 heterocycles. The first kappa shape index (κ1) is 22.1. The van der Waals surface area contributed by atoms with Crippen molar-refractivity contribution in [1.82, 2.24) is 15.6 Å². The normalized spacial score (nSPS) is 11.6. The summed E-state index contributed by atoms with van der Waals surface area (Å²) in [4.78, 5) is 7.87. The van der Waals surface area contributed by atoms with Crippen LogP contribution in [0.2, 0.25) is 0 Å². The molecule has 1 aromatic heterocycles. The number of thioether (sulfide) groups is 1. The Hall–Kier alpha value is -0.910. The maximum atomic E-state index is 12.2.